The summed E-state index contributed by atoms with van der Waals surface area (Å²) in [6, 6.07) is 13.1. The van der Waals surface area contributed by atoms with Crippen molar-refractivity contribution in [2.24, 2.45) is 0 Å². The monoisotopic (exact) mass is 335 g/mol. The largest absolute Gasteiger partial charge is 0.303 e. The van der Waals surface area contributed by atoms with Crippen LogP contribution in [0.3, 0.4) is 0 Å². The van der Waals surface area contributed by atoms with Crippen LogP contribution in [0.25, 0.3) is 5.69 Å². The van der Waals surface area contributed by atoms with Gasteiger partial charge in [-0.25, -0.2) is 4.98 Å². The summed E-state index contributed by atoms with van der Waals surface area (Å²) in [5.41, 5.74) is 2.22. The van der Waals surface area contributed by atoms with Gasteiger partial charge in [-0.2, -0.15) is 0 Å². The fourth-order valence-corrected chi connectivity index (χ4v) is 2.76. The molecule has 0 amide bonds. The molecule has 6 nitrogen and oxygen atoms in total. The minimum atomic E-state index is -0.494. The SMILES string of the molecule is CCCc1cncn1-c1ccc([N+](=O)[O-])cc1C(=O)c1ccccc1. The predicted molar refractivity (Wildman–Crippen MR) is 94.1 cm³/mol. The number of rotatable bonds is 6. The number of nitro groups is 1. The molecule has 0 saturated carbocycles. The van der Waals surface area contributed by atoms with Gasteiger partial charge >= 0.3 is 0 Å². The summed E-state index contributed by atoms with van der Waals surface area (Å²) >= 11 is 0. The van der Waals surface area contributed by atoms with Crippen molar-refractivity contribution in [1.29, 1.82) is 0 Å². The van der Waals surface area contributed by atoms with Gasteiger partial charge in [0.1, 0.15) is 0 Å². The normalized spacial score (nSPS) is 10.6. The number of imidazole rings is 1. The molecule has 0 bridgehead atoms. The van der Waals surface area contributed by atoms with Crippen molar-refractivity contribution in [3.63, 3.8) is 0 Å². The average Bonchev–Trinajstić information content (AvgIpc) is 3.09. The van der Waals surface area contributed by atoms with Crippen molar-refractivity contribution >= 4 is 11.5 Å². The molecule has 1 aromatic heterocycles. The number of non-ortho nitro benzene ring substituents is 1. The predicted octanol–water partition coefficient (Wildman–Crippen LogP) is 3.96. The third kappa shape index (κ3) is 3.33. The van der Waals surface area contributed by atoms with Gasteiger partial charge < -0.3 is 4.57 Å². The van der Waals surface area contributed by atoms with Crippen molar-refractivity contribution in [1.82, 2.24) is 9.55 Å². The third-order valence-electron chi connectivity index (χ3n) is 3.95. The highest BCUT2D eigenvalue weighted by molar-refractivity contribution is 6.11. The van der Waals surface area contributed by atoms with Crippen molar-refractivity contribution in [2.45, 2.75) is 19.8 Å². The van der Waals surface area contributed by atoms with Crippen LogP contribution >= 0.6 is 0 Å². The van der Waals surface area contributed by atoms with E-state index >= 15 is 0 Å². The second-order valence-corrected chi connectivity index (χ2v) is 5.66. The van der Waals surface area contributed by atoms with E-state index in [1.807, 2.05) is 10.6 Å². The average molecular weight is 335 g/mol. The molecule has 0 atom stereocenters. The van der Waals surface area contributed by atoms with Crippen LogP contribution in [-0.2, 0) is 6.42 Å². The molecule has 0 saturated heterocycles. The van der Waals surface area contributed by atoms with Crippen LogP contribution in [0.1, 0.15) is 35.0 Å². The molecule has 3 aromatic rings. The molecule has 0 aliphatic carbocycles. The maximum absolute atomic E-state index is 12.9. The molecular weight excluding hydrogens is 318 g/mol. The van der Waals surface area contributed by atoms with E-state index in [0.29, 0.717) is 11.3 Å². The Labute approximate surface area is 144 Å². The summed E-state index contributed by atoms with van der Waals surface area (Å²) in [5.74, 6) is -0.254. The van der Waals surface area contributed by atoms with Crippen LogP contribution in [-0.4, -0.2) is 20.3 Å². The lowest BCUT2D eigenvalue weighted by Crippen LogP contribution is -2.09. The zero-order valence-electron chi connectivity index (χ0n) is 13.8. The van der Waals surface area contributed by atoms with Gasteiger partial charge in [0.25, 0.3) is 5.69 Å². The first-order valence-corrected chi connectivity index (χ1v) is 8.01. The van der Waals surface area contributed by atoms with Crippen LogP contribution in [0.2, 0.25) is 0 Å². The minimum absolute atomic E-state index is 0.111. The molecule has 3 rings (SSSR count). The first-order valence-electron chi connectivity index (χ1n) is 8.01. The Morgan fingerprint density at radius 2 is 1.96 bits per heavy atom. The van der Waals surface area contributed by atoms with E-state index in [2.05, 4.69) is 11.9 Å². The Kier molecular flexibility index (Phi) is 4.70. The topological polar surface area (TPSA) is 78.0 Å². The highest BCUT2D eigenvalue weighted by Crippen LogP contribution is 2.25. The second kappa shape index (κ2) is 7.09. The molecule has 0 radical (unpaired) electrons. The highest BCUT2D eigenvalue weighted by Gasteiger charge is 2.20. The molecule has 0 fully saturated rings. The smallest absolute Gasteiger partial charge is 0.270 e. The summed E-state index contributed by atoms with van der Waals surface area (Å²) in [6.07, 6.45) is 5.12. The summed E-state index contributed by atoms with van der Waals surface area (Å²) < 4.78 is 1.82. The number of hydrogen-bond donors (Lipinski definition) is 0. The number of nitrogens with zero attached hydrogens (tertiary/aromatic N) is 3. The number of aryl methyl sites for hydroxylation is 1. The number of carbonyl (C=O) groups excluding carboxylic acids is 1. The quantitative estimate of drug-likeness (QED) is 0.388. The zero-order valence-corrected chi connectivity index (χ0v) is 13.8. The number of ketones is 1. The van der Waals surface area contributed by atoms with Crippen LogP contribution < -0.4 is 0 Å². The van der Waals surface area contributed by atoms with Crippen molar-refractivity contribution in [2.75, 3.05) is 0 Å². The molecule has 0 aliphatic heterocycles. The van der Waals surface area contributed by atoms with Gasteiger partial charge in [-0.05, 0) is 12.5 Å². The Bertz CT molecular complexity index is 917. The van der Waals surface area contributed by atoms with E-state index in [0.717, 1.165) is 18.5 Å². The van der Waals surface area contributed by atoms with Gasteiger partial charge in [0.15, 0.2) is 5.78 Å². The van der Waals surface area contributed by atoms with Gasteiger partial charge in [-0.3, -0.25) is 14.9 Å². The van der Waals surface area contributed by atoms with E-state index in [1.54, 1.807) is 42.9 Å². The zero-order chi connectivity index (χ0) is 17.8. The molecule has 0 spiro atoms. The van der Waals surface area contributed by atoms with E-state index < -0.39 is 4.92 Å². The second-order valence-electron chi connectivity index (χ2n) is 5.66. The molecule has 25 heavy (non-hydrogen) atoms. The number of hydrogen-bond acceptors (Lipinski definition) is 4. The maximum atomic E-state index is 12.9. The van der Waals surface area contributed by atoms with E-state index in [-0.39, 0.29) is 17.0 Å². The lowest BCUT2D eigenvalue weighted by atomic mass is 10.0. The molecular formula is C19H17N3O3. The Balaban J connectivity index is 2.17. The molecule has 2 aromatic carbocycles. The fourth-order valence-electron chi connectivity index (χ4n) is 2.76. The Morgan fingerprint density at radius 1 is 1.20 bits per heavy atom. The van der Waals surface area contributed by atoms with Gasteiger partial charge in [0, 0.05) is 29.6 Å². The maximum Gasteiger partial charge on any atom is 0.270 e. The first-order chi connectivity index (χ1) is 12.1. The lowest BCUT2D eigenvalue weighted by Gasteiger charge is -2.12. The van der Waals surface area contributed by atoms with E-state index in [9.17, 15) is 14.9 Å². The van der Waals surface area contributed by atoms with Crippen molar-refractivity contribution < 1.29 is 9.72 Å². The number of nitro benzene ring substituents is 1. The third-order valence-corrected chi connectivity index (χ3v) is 3.95. The Hall–Kier alpha value is -3.28. The van der Waals surface area contributed by atoms with E-state index in [1.165, 1.54) is 12.1 Å². The molecule has 0 unspecified atom stereocenters. The molecule has 0 N–H and O–H groups in total. The standard InChI is InChI=1S/C19H17N3O3/c1-2-6-16-12-20-13-21(16)18-10-9-15(22(24)25)11-17(18)19(23)14-7-4-3-5-8-14/h3-5,7-13H,2,6H2,1H3. The number of aromatic nitrogens is 2. The molecule has 1 heterocycles. The molecule has 6 heteroatoms. The van der Waals surface area contributed by atoms with Gasteiger partial charge in [-0.15, -0.1) is 0 Å². The van der Waals surface area contributed by atoms with E-state index in [4.69, 9.17) is 0 Å². The molecule has 126 valence electrons. The van der Waals surface area contributed by atoms with Gasteiger partial charge in [0.2, 0.25) is 0 Å². The van der Waals surface area contributed by atoms with Crippen LogP contribution in [0.5, 0.6) is 0 Å². The van der Waals surface area contributed by atoms with Gasteiger partial charge in [-0.1, -0.05) is 43.7 Å². The summed E-state index contributed by atoms with van der Waals surface area (Å²) in [4.78, 5) is 27.8. The number of benzene rings is 2. The fraction of sp³-hybridized carbons (Fsp3) is 0.158. The van der Waals surface area contributed by atoms with Crippen LogP contribution in [0, 0.1) is 10.1 Å². The number of carbonyl (C=O) groups is 1. The first kappa shape index (κ1) is 16.6. The van der Waals surface area contributed by atoms with Crippen molar-refractivity contribution in [3.8, 4) is 5.69 Å². The summed E-state index contributed by atoms with van der Waals surface area (Å²) in [7, 11) is 0. The van der Waals surface area contributed by atoms with Crippen molar-refractivity contribution in [3.05, 3.63) is 88.0 Å². The molecule has 0 aliphatic rings. The lowest BCUT2D eigenvalue weighted by molar-refractivity contribution is -0.384. The van der Waals surface area contributed by atoms with Crippen LogP contribution in [0.15, 0.2) is 61.1 Å². The highest BCUT2D eigenvalue weighted by atomic mass is 16.6. The summed E-state index contributed by atoms with van der Waals surface area (Å²) in [5, 5.41) is 11.2. The minimum Gasteiger partial charge on any atom is -0.303 e. The Morgan fingerprint density at radius 3 is 2.64 bits per heavy atom. The van der Waals surface area contributed by atoms with Crippen LogP contribution in [0.4, 0.5) is 5.69 Å². The van der Waals surface area contributed by atoms with Gasteiger partial charge in [0.05, 0.1) is 22.5 Å². The summed E-state index contributed by atoms with van der Waals surface area (Å²) in [6.45, 7) is 2.06.